The summed E-state index contributed by atoms with van der Waals surface area (Å²) in [5, 5.41) is 7.60. The maximum atomic E-state index is 2.47. The summed E-state index contributed by atoms with van der Waals surface area (Å²) in [6.07, 6.45) is 0. The Morgan fingerprint density at radius 3 is 1.01 bits per heavy atom. The summed E-state index contributed by atoms with van der Waals surface area (Å²) in [7, 11) is 0. The molecular formula is C108H80N2. The van der Waals surface area contributed by atoms with E-state index in [0.29, 0.717) is 0 Å². The Kier molecular flexibility index (Phi) is 17.0. The molecule has 110 heavy (non-hydrogen) atoms. The van der Waals surface area contributed by atoms with E-state index in [4.69, 9.17) is 0 Å². The first-order chi connectivity index (χ1) is 54.1. The van der Waals surface area contributed by atoms with Crippen molar-refractivity contribution in [1.82, 2.24) is 0 Å². The number of hydrogen-bond acceptors (Lipinski definition) is 2. The summed E-state index contributed by atoms with van der Waals surface area (Å²) < 4.78 is 0. The molecule has 0 atom stereocenters. The Morgan fingerprint density at radius 1 is 0.164 bits per heavy atom. The van der Waals surface area contributed by atoms with E-state index in [-0.39, 0.29) is 10.8 Å². The molecule has 0 spiro atoms. The van der Waals surface area contributed by atoms with Crippen molar-refractivity contribution < 1.29 is 0 Å². The lowest BCUT2D eigenvalue weighted by Gasteiger charge is -2.30. The molecule has 0 heterocycles. The van der Waals surface area contributed by atoms with Crippen LogP contribution in [0.5, 0.6) is 0 Å². The highest BCUT2D eigenvalue weighted by molar-refractivity contribution is 6.14. The van der Waals surface area contributed by atoms with Crippen molar-refractivity contribution in [2.24, 2.45) is 0 Å². The van der Waals surface area contributed by atoms with Gasteiger partial charge in [-0.15, -0.1) is 0 Å². The predicted octanol–water partition coefficient (Wildman–Crippen LogP) is 30.1. The van der Waals surface area contributed by atoms with Crippen molar-refractivity contribution in [2.75, 3.05) is 9.80 Å². The summed E-state index contributed by atoms with van der Waals surface area (Å²) >= 11 is 0. The molecule has 18 aromatic rings. The zero-order valence-electron chi connectivity index (χ0n) is 62.2. The molecule has 0 N–H and O–H groups in total. The molecule has 0 saturated carbocycles. The number of rotatable bonds is 13. The minimum Gasteiger partial charge on any atom is -0.310 e. The van der Waals surface area contributed by atoms with Crippen LogP contribution in [0.2, 0.25) is 0 Å². The first kappa shape index (κ1) is 67.0. The summed E-state index contributed by atoms with van der Waals surface area (Å²) in [4.78, 5) is 4.90. The SMILES string of the molecule is CC1(C)c2cc(-c3cc4ccccc4c4ccccc34)ccc2-c2ccc(N(c3ccccc3)c3ccccc3-c3ccc(-c4ccccc4)cc3)cc21.CC1(C)c2cc(-c3ccc(-c4ccccc4)cc3)ccc2-c2ccc(N(c3ccccc3-c3ccc(-c4ccccc4)cc3)c3cccc4ccccc34)cc21. The fourth-order valence-corrected chi connectivity index (χ4v) is 17.4. The lowest BCUT2D eigenvalue weighted by atomic mass is 9.81. The fourth-order valence-electron chi connectivity index (χ4n) is 17.4. The molecular weight excluding hydrogens is 1330 g/mol. The molecule has 2 nitrogen and oxygen atoms in total. The first-order valence-corrected chi connectivity index (χ1v) is 38.4. The zero-order chi connectivity index (χ0) is 73.9. The van der Waals surface area contributed by atoms with E-state index in [0.717, 1.165) is 34.1 Å². The predicted molar refractivity (Wildman–Crippen MR) is 468 cm³/mol. The quantitative estimate of drug-likeness (QED) is 0.106. The highest BCUT2D eigenvalue weighted by Crippen LogP contribution is 2.55. The second-order valence-corrected chi connectivity index (χ2v) is 30.3. The Labute approximate surface area is 645 Å². The van der Waals surface area contributed by atoms with Gasteiger partial charge in [-0.3, -0.25) is 0 Å². The number of hydrogen-bond donors (Lipinski definition) is 0. The maximum Gasteiger partial charge on any atom is 0.0540 e. The van der Waals surface area contributed by atoms with E-state index < -0.39 is 0 Å². The van der Waals surface area contributed by atoms with Crippen molar-refractivity contribution in [3.05, 3.63) is 435 Å². The minimum absolute atomic E-state index is 0.196. The Morgan fingerprint density at radius 2 is 0.491 bits per heavy atom. The van der Waals surface area contributed by atoms with Crippen molar-refractivity contribution in [1.29, 1.82) is 0 Å². The molecule has 0 aliphatic heterocycles. The maximum absolute atomic E-state index is 2.47. The molecule has 0 radical (unpaired) electrons. The van der Waals surface area contributed by atoms with Gasteiger partial charge in [0.05, 0.1) is 17.1 Å². The van der Waals surface area contributed by atoms with E-state index in [9.17, 15) is 0 Å². The topological polar surface area (TPSA) is 6.48 Å². The summed E-state index contributed by atoms with van der Waals surface area (Å²) in [5.41, 5.74) is 34.3. The van der Waals surface area contributed by atoms with E-state index in [1.165, 1.54) is 155 Å². The van der Waals surface area contributed by atoms with Crippen LogP contribution in [0.3, 0.4) is 0 Å². The summed E-state index contributed by atoms with van der Waals surface area (Å²) in [6, 6.07) is 151. The highest BCUT2D eigenvalue weighted by atomic mass is 15.2. The van der Waals surface area contributed by atoms with Gasteiger partial charge < -0.3 is 9.80 Å². The molecule has 0 fully saturated rings. The number of nitrogens with zero attached hydrogens (tertiary/aromatic N) is 2. The smallest absolute Gasteiger partial charge is 0.0540 e. The molecule has 2 aliphatic rings. The van der Waals surface area contributed by atoms with Gasteiger partial charge in [-0.1, -0.05) is 367 Å². The summed E-state index contributed by atoms with van der Waals surface area (Å²) in [6.45, 7) is 9.54. The zero-order valence-corrected chi connectivity index (χ0v) is 62.2. The van der Waals surface area contributed by atoms with Gasteiger partial charge in [0.15, 0.2) is 0 Å². The molecule has 0 aromatic heterocycles. The van der Waals surface area contributed by atoms with Gasteiger partial charge in [-0.25, -0.2) is 0 Å². The average molecular weight is 1410 g/mol. The largest absolute Gasteiger partial charge is 0.310 e. The normalized spacial score (nSPS) is 12.7. The average Bonchev–Trinajstić information content (AvgIpc) is 1.56. The van der Waals surface area contributed by atoms with Gasteiger partial charge in [0.1, 0.15) is 0 Å². The second-order valence-electron chi connectivity index (χ2n) is 30.3. The van der Waals surface area contributed by atoms with Gasteiger partial charge in [0.2, 0.25) is 0 Å². The third-order valence-electron chi connectivity index (χ3n) is 23.2. The van der Waals surface area contributed by atoms with Gasteiger partial charge in [0, 0.05) is 44.4 Å². The van der Waals surface area contributed by atoms with Crippen LogP contribution in [0, 0.1) is 0 Å². The Balaban J connectivity index is 0.000000149. The molecule has 2 heteroatoms. The molecule has 20 rings (SSSR count). The highest BCUT2D eigenvalue weighted by Gasteiger charge is 2.39. The van der Waals surface area contributed by atoms with E-state index in [1.807, 2.05) is 0 Å². The van der Waals surface area contributed by atoms with Crippen LogP contribution < -0.4 is 9.80 Å². The lowest BCUT2D eigenvalue weighted by molar-refractivity contribution is 0.660. The monoisotopic (exact) mass is 1400 g/mol. The van der Waals surface area contributed by atoms with E-state index in [1.54, 1.807) is 0 Å². The number of fused-ring (bicyclic) bond motifs is 10. The number of anilines is 6. The van der Waals surface area contributed by atoms with Crippen LogP contribution in [0.25, 0.3) is 132 Å². The van der Waals surface area contributed by atoms with Crippen molar-refractivity contribution in [2.45, 2.75) is 38.5 Å². The molecule has 0 bridgehead atoms. The number of para-hydroxylation sites is 3. The first-order valence-electron chi connectivity index (χ1n) is 38.4. The van der Waals surface area contributed by atoms with Crippen LogP contribution >= 0.6 is 0 Å². The lowest BCUT2D eigenvalue weighted by Crippen LogP contribution is -2.17. The molecule has 522 valence electrons. The Hall–Kier alpha value is -13.7. The van der Waals surface area contributed by atoms with Crippen molar-refractivity contribution >= 4 is 66.4 Å². The van der Waals surface area contributed by atoms with Gasteiger partial charge >= 0.3 is 0 Å². The van der Waals surface area contributed by atoms with Crippen molar-refractivity contribution in [3.63, 3.8) is 0 Å². The fraction of sp³-hybridized carbons (Fsp3) is 0.0556. The molecule has 18 aromatic carbocycles. The Bertz CT molecular complexity index is 6470. The van der Waals surface area contributed by atoms with Crippen LogP contribution in [-0.4, -0.2) is 0 Å². The van der Waals surface area contributed by atoms with E-state index in [2.05, 4.69) is 450 Å². The number of benzene rings is 18. The molecule has 0 amide bonds. The van der Waals surface area contributed by atoms with Crippen molar-refractivity contribution in [3.8, 4) is 100 Å². The van der Waals surface area contributed by atoms with Gasteiger partial charge in [-0.2, -0.15) is 0 Å². The summed E-state index contributed by atoms with van der Waals surface area (Å²) in [5.74, 6) is 0. The standard InChI is InChI=1S/C55H41N.C53H39N/c1-55(2)51-36-45(42-26-24-40(25-27-42)38-14-5-3-6-15-38)32-34-49(51)50-35-33-46(37-52(50)55)56(54-23-13-19-43-18-9-10-20-47(43)54)53-22-12-11-21-48(53)44-30-28-41(29-31-44)39-16-7-4-8-17-39;1-53(2)50-34-40(49-33-39-17-9-10-20-43(39)45-22-11-12-23-46(45)49)29-31-47(50)48-32-30-42(35-51(48)53)54(41-18-7-4-8-19-41)52-24-14-13-21-44(52)38-27-25-37(26-28-38)36-15-5-3-6-16-36/h3-37H,1-2H3;3-35H,1-2H3. The van der Waals surface area contributed by atoms with Gasteiger partial charge in [-0.05, 0) is 211 Å². The minimum atomic E-state index is -0.197. The van der Waals surface area contributed by atoms with Crippen LogP contribution in [0.15, 0.2) is 413 Å². The van der Waals surface area contributed by atoms with Crippen LogP contribution in [0.1, 0.15) is 49.9 Å². The molecule has 0 unspecified atom stereocenters. The molecule has 0 saturated heterocycles. The molecule has 2 aliphatic carbocycles. The third kappa shape index (κ3) is 12.0. The van der Waals surface area contributed by atoms with Crippen LogP contribution in [0.4, 0.5) is 34.1 Å². The van der Waals surface area contributed by atoms with Crippen LogP contribution in [-0.2, 0) is 10.8 Å². The van der Waals surface area contributed by atoms with Gasteiger partial charge in [0.25, 0.3) is 0 Å². The third-order valence-corrected chi connectivity index (χ3v) is 23.2. The second kappa shape index (κ2) is 27.9. The van der Waals surface area contributed by atoms with E-state index >= 15 is 0 Å².